The summed E-state index contributed by atoms with van der Waals surface area (Å²) in [5, 5.41) is 0. The van der Waals surface area contributed by atoms with Gasteiger partial charge in [0.1, 0.15) is 5.82 Å². The van der Waals surface area contributed by atoms with E-state index in [1.165, 1.54) is 0 Å². The van der Waals surface area contributed by atoms with Gasteiger partial charge in [0.05, 0.1) is 6.54 Å². The van der Waals surface area contributed by atoms with Crippen molar-refractivity contribution in [2.75, 3.05) is 26.7 Å². The van der Waals surface area contributed by atoms with Gasteiger partial charge in [0.25, 0.3) is 0 Å². The van der Waals surface area contributed by atoms with Gasteiger partial charge >= 0.3 is 0 Å². The van der Waals surface area contributed by atoms with E-state index in [9.17, 15) is 9.18 Å². The molecule has 2 N–H and O–H groups in total. The van der Waals surface area contributed by atoms with Crippen LogP contribution in [0.25, 0.3) is 0 Å². The van der Waals surface area contributed by atoms with E-state index in [1.807, 2.05) is 25.8 Å². The molecule has 0 saturated heterocycles. The van der Waals surface area contributed by atoms with Crippen molar-refractivity contribution < 1.29 is 9.18 Å². The summed E-state index contributed by atoms with van der Waals surface area (Å²) in [5.74, 6) is -0.204. The molecule has 1 aromatic rings. The third-order valence-corrected chi connectivity index (χ3v) is 3.34. The Morgan fingerprint density at radius 1 is 1.25 bits per heavy atom. The van der Waals surface area contributed by atoms with Crippen LogP contribution >= 0.6 is 0 Å². The van der Waals surface area contributed by atoms with Crippen molar-refractivity contribution in [2.45, 2.75) is 26.9 Å². The van der Waals surface area contributed by atoms with E-state index in [0.717, 1.165) is 0 Å². The van der Waals surface area contributed by atoms with E-state index < -0.39 is 0 Å². The monoisotopic (exact) mass is 281 g/mol. The van der Waals surface area contributed by atoms with Gasteiger partial charge in [0.2, 0.25) is 5.91 Å². The number of likely N-dealkylation sites (N-methyl/N-ethyl adjacent to an activating group) is 2. The largest absolute Gasteiger partial charge is 0.342 e. The Bertz CT molecular complexity index is 447. The summed E-state index contributed by atoms with van der Waals surface area (Å²) < 4.78 is 14.1. The van der Waals surface area contributed by atoms with Crippen molar-refractivity contribution in [3.8, 4) is 0 Å². The highest BCUT2D eigenvalue weighted by Crippen LogP contribution is 2.14. The second kappa shape index (κ2) is 7.97. The van der Waals surface area contributed by atoms with Gasteiger partial charge in [-0.25, -0.2) is 4.39 Å². The molecule has 0 saturated carbocycles. The molecule has 20 heavy (non-hydrogen) atoms. The minimum atomic E-state index is -0.267. The molecule has 0 aliphatic rings. The molecule has 1 amide bonds. The lowest BCUT2D eigenvalue weighted by Gasteiger charge is -2.23. The predicted octanol–water partition coefficient (Wildman–Crippen LogP) is 1.58. The lowest BCUT2D eigenvalue weighted by molar-refractivity contribution is -0.131. The van der Waals surface area contributed by atoms with Gasteiger partial charge < -0.3 is 10.6 Å². The molecule has 112 valence electrons. The van der Waals surface area contributed by atoms with Crippen LogP contribution in [0.15, 0.2) is 18.2 Å². The van der Waals surface area contributed by atoms with Crippen LogP contribution < -0.4 is 5.73 Å². The number of amides is 1. The Balaban J connectivity index is 2.67. The van der Waals surface area contributed by atoms with E-state index >= 15 is 0 Å². The van der Waals surface area contributed by atoms with Crippen molar-refractivity contribution in [1.82, 2.24) is 9.80 Å². The van der Waals surface area contributed by atoms with Crippen LogP contribution in [0.5, 0.6) is 0 Å². The second-order valence-corrected chi connectivity index (χ2v) is 4.83. The van der Waals surface area contributed by atoms with Gasteiger partial charge in [-0.15, -0.1) is 0 Å². The second-order valence-electron chi connectivity index (χ2n) is 4.83. The minimum Gasteiger partial charge on any atom is -0.342 e. The molecule has 0 aromatic heterocycles. The van der Waals surface area contributed by atoms with E-state index in [4.69, 9.17) is 5.73 Å². The van der Waals surface area contributed by atoms with Crippen molar-refractivity contribution in [3.63, 3.8) is 0 Å². The molecular weight excluding hydrogens is 257 g/mol. The number of hydrogen-bond acceptors (Lipinski definition) is 3. The summed E-state index contributed by atoms with van der Waals surface area (Å²) in [7, 11) is 1.82. The number of nitrogens with two attached hydrogens (primary N) is 1. The first-order valence-corrected chi connectivity index (χ1v) is 6.96. The lowest BCUT2D eigenvalue weighted by atomic mass is 10.1. The molecule has 1 rings (SSSR count). The third kappa shape index (κ3) is 4.28. The average molecular weight is 281 g/mol. The molecule has 0 atom stereocenters. The average Bonchev–Trinajstić information content (AvgIpc) is 2.42. The van der Waals surface area contributed by atoms with Gasteiger partial charge in [-0.1, -0.05) is 18.2 Å². The van der Waals surface area contributed by atoms with Gasteiger partial charge in [0, 0.05) is 37.3 Å². The molecule has 0 fully saturated rings. The maximum Gasteiger partial charge on any atom is 0.236 e. The van der Waals surface area contributed by atoms with E-state index in [1.54, 1.807) is 23.1 Å². The Hall–Kier alpha value is -1.46. The fraction of sp³-hybridized carbons (Fsp3) is 0.533. The fourth-order valence-electron chi connectivity index (χ4n) is 2.17. The lowest BCUT2D eigenvalue weighted by Crippen LogP contribution is -2.38. The van der Waals surface area contributed by atoms with Crippen LogP contribution in [0.2, 0.25) is 0 Å². The quantitative estimate of drug-likeness (QED) is 0.825. The number of halogens is 1. The summed E-state index contributed by atoms with van der Waals surface area (Å²) in [6.07, 6.45) is 0. The molecule has 1 aromatic carbocycles. The SMILES string of the molecule is CCN(CC)C(=O)CN(C)Cc1cccc(CN)c1F. The number of benzene rings is 1. The van der Waals surface area contributed by atoms with Crippen molar-refractivity contribution in [1.29, 1.82) is 0 Å². The molecular formula is C15H24FN3O. The smallest absolute Gasteiger partial charge is 0.236 e. The maximum atomic E-state index is 14.1. The number of hydrogen-bond donors (Lipinski definition) is 1. The van der Waals surface area contributed by atoms with Gasteiger partial charge in [-0.2, -0.15) is 0 Å². The molecule has 0 radical (unpaired) electrons. The fourth-order valence-corrected chi connectivity index (χ4v) is 2.17. The number of carbonyl (C=O) groups excluding carboxylic acids is 1. The molecule has 0 spiro atoms. The van der Waals surface area contributed by atoms with Crippen LogP contribution in [0, 0.1) is 5.82 Å². The molecule has 4 nitrogen and oxygen atoms in total. The summed E-state index contributed by atoms with van der Waals surface area (Å²) in [5.41, 5.74) is 6.57. The summed E-state index contributed by atoms with van der Waals surface area (Å²) in [6, 6.07) is 5.20. The van der Waals surface area contributed by atoms with Crippen molar-refractivity contribution in [3.05, 3.63) is 35.1 Å². The first-order chi connectivity index (χ1) is 9.53. The van der Waals surface area contributed by atoms with Crippen LogP contribution in [0.1, 0.15) is 25.0 Å². The Morgan fingerprint density at radius 3 is 2.40 bits per heavy atom. The predicted molar refractivity (Wildman–Crippen MR) is 78.6 cm³/mol. The summed E-state index contributed by atoms with van der Waals surface area (Å²) >= 11 is 0. The Kier molecular flexibility index (Phi) is 6.61. The molecule has 0 heterocycles. The highest BCUT2D eigenvalue weighted by atomic mass is 19.1. The number of rotatable bonds is 7. The molecule has 0 aliphatic carbocycles. The van der Waals surface area contributed by atoms with Crippen LogP contribution in [-0.2, 0) is 17.9 Å². The highest BCUT2D eigenvalue weighted by Gasteiger charge is 2.14. The number of carbonyl (C=O) groups is 1. The van der Waals surface area contributed by atoms with Gasteiger partial charge in [-0.05, 0) is 20.9 Å². The van der Waals surface area contributed by atoms with Crippen LogP contribution in [-0.4, -0.2) is 42.4 Å². The van der Waals surface area contributed by atoms with Gasteiger partial charge in [-0.3, -0.25) is 9.69 Å². The summed E-state index contributed by atoms with van der Waals surface area (Å²) in [6.45, 7) is 6.15. The number of nitrogens with zero attached hydrogens (tertiary/aromatic N) is 2. The Labute approximate surface area is 120 Å². The van der Waals surface area contributed by atoms with E-state index in [2.05, 4.69) is 0 Å². The molecule has 0 aliphatic heterocycles. The standard InChI is InChI=1S/C15H24FN3O/c1-4-19(5-2)14(20)11-18(3)10-13-8-6-7-12(9-17)15(13)16/h6-8H,4-5,9-11,17H2,1-3H3. The first-order valence-electron chi connectivity index (χ1n) is 6.96. The molecule has 0 unspecified atom stereocenters. The highest BCUT2D eigenvalue weighted by molar-refractivity contribution is 5.78. The zero-order valence-electron chi connectivity index (χ0n) is 12.5. The van der Waals surface area contributed by atoms with Crippen molar-refractivity contribution in [2.24, 2.45) is 5.73 Å². The Morgan fingerprint density at radius 2 is 1.85 bits per heavy atom. The normalized spacial score (nSPS) is 10.9. The zero-order valence-corrected chi connectivity index (χ0v) is 12.5. The topological polar surface area (TPSA) is 49.6 Å². The molecule has 5 heteroatoms. The van der Waals surface area contributed by atoms with Crippen LogP contribution in [0.3, 0.4) is 0 Å². The van der Waals surface area contributed by atoms with Crippen molar-refractivity contribution >= 4 is 5.91 Å². The molecule has 0 bridgehead atoms. The van der Waals surface area contributed by atoms with Crippen LogP contribution in [0.4, 0.5) is 4.39 Å². The van der Waals surface area contributed by atoms with Gasteiger partial charge in [0.15, 0.2) is 0 Å². The third-order valence-electron chi connectivity index (χ3n) is 3.34. The maximum absolute atomic E-state index is 14.1. The zero-order chi connectivity index (χ0) is 15.1. The summed E-state index contributed by atoms with van der Waals surface area (Å²) in [4.78, 5) is 15.6. The minimum absolute atomic E-state index is 0.0629. The van der Waals surface area contributed by atoms with E-state index in [0.29, 0.717) is 30.8 Å². The first kappa shape index (κ1) is 16.6. The van der Waals surface area contributed by atoms with E-state index in [-0.39, 0.29) is 24.8 Å².